The average molecular weight is 356 g/mol. The molecule has 0 aliphatic rings. The first kappa shape index (κ1) is 18.9. The summed E-state index contributed by atoms with van der Waals surface area (Å²) in [5, 5.41) is 14.6. The van der Waals surface area contributed by atoms with Crippen molar-refractivity contribution >= 4 is 17.7 Å². The first-order valence-corrected chi connectivity index (χ1v) is 9.38. The van der Waals surface area contributed by atoms with Crippen molar-refractivity contribution in [1.29, 1.82) is 5.26 Å². The minimum absolute atomic E-state index is 0.550. The molecule has 7 heteroatoms. The molecule has 1 heterocycles. The molecule has 1 aromatic carbocycles. The number of hydrogen-bond acceptors (Lipinski definition) is 4. The number of aliphatic imine (C=N–C) groups is 1. The van der Waals surface area contributed by atoms with E-state index in [2.05, 4.69) is 37.7 Å². The first-order chi connectivity index (χ1) is 12.3. The second-order valence-electron chi connectivity index (χ2n) is 5.51. The van der Waals surface area contributed by atoms with Crippen molar-refractivity contribution in [3.63, 3.8) is 0 Å². The number of benzene rings is 1. The quantitative estimate of drug-likeness (QED) is 0.161. The van der Waals surface area contributed by atoms with E-state index >= 15 is 0 Å². The minimum atomic E-state index is 0.550. The van der Waals surface area contributed by atoms with Gasteiger partial charge in [-0.05, 0) is 38.3 Å². The molecule has 0 fully saturated rings. The molecule has 3 N–H and O–H groups in total. The predicted octanol–water partition coefficient (Wildman–Crippen LogP) is 2.85. The van der Waals surface area contributed by atoms with Gasteiger partial charge < -0.3 is 10.3 Å². The fourth-order valence-electron chi connectivity index (χ4n) is 2.26. The molecule has 0 amide bonds. The summed E-state index contributed by atoms with van der Waals surface area (Å²) in [4.78, 5) is 13.1. The molecule has 0 bridgehead atoms. The number of rotatable bonds is 9. The molecule has 6 nitrogen and oxygen atoms in total. The Morgan fingerprint density at radius 2 is 2.16 bits per heavy atom. The summed E-state index contributed by atoms with van der Waals surface area (Å²) in [6.45, 7) is 3.39. The Morgan fingerprint density at radius 1 is 1.32 bits per heavy atom. The van der Waals surface area contributed by atoms with Gasteiger partial charge in [0, 0.05) is 35.6 Å². The number of thioether (sulfide) groups is 1. The maximum atomic E-state index is 8.83. The van der Waals surface area contributed by atoms with Crippen LogP contribution in [0.15, 0.2) is 46.4 Å². The summed E-state index contributed by atoms with van der Waals surface area (Å²) in [6.07, 6.45) is 6.79. The van der Waals surface area contributed by atoms with E-state index in [9.17, 15) is 0 Å². The zero-order valence-electron chi connectivity index (χ0n) is 14.5. The zero-order valence-corrected chi connectivity index (χ0v) is 15.3. The van der Waals surface area contributed by atoms with E-state index in [1.165, 1.54) is 4.90 Å². The van der Waals surface area contributed by atoms with Crippen LogP contribution in [0.5, 0.6) is 0 Å². The van der Waals surface area contributed by atoms with Gasteiger partial charge in [0.15, 0.2) is 6.19 Å². The van der Waals surface area contributed by atoms with Crippen LogP contribution in [0, 0.1) is 18.4 Å². The molecule has 0 aliphatic carbocycles. The second kappa shape index (κ2) is 11.2. The first-order valence-electron chi connectivity index (χ1n) is 8.39. The number of hydrogen-bond donors (Lipinski definition) is 3. The predicted molar refractivity (Wildman–Crippen MR) is 102 cm³/mol. The monoisotopic (exact) mass is 356 g/mol. The van der Waals surface area contributed by atoms with Gasteiger partial charge in [-0.15, -0.1) is 11.8 Å². The lowest BCUT2D eigenvalue weighted by Crippen LogP contribution is -2.36. The number of imidazole rings is 1. The fourth-order valence-corrected chi connectivity index (χ4v) is 3.05. The number of unbranched alkanes of at least 4 members (excludes halogenated alkanes) is 1. The Morgan fingerprint density at radius 3 is 2.88 bits per heavy atom. The maximum absolute atomic E-state index is 8.83. The van der Waals surface area contributed by atoms with E-state index in [-0.39, 0.29) is 0 Å². The van der Waals surface area contributed by atoms with Crippen LogP contribution >= 0.6 is 11.8 Å². The largest absolute Gasteiger partial charge is 0.355 e. The molecular weight excluding hydrogens is 332 g/mol. The molecule has 25 heavy (non-hydrogen) atoms. The number of nitriles is 1. The van der Waals surface area contributed by atoms with Gasteiger partial charge in [0.25, 0.3) is 0 Å². The van der Waals surface area contributed by atoms with Crippen molar-refractivity contribution in [2.24, 2.45) is 4.99 Å². The fraction of sp³-hybridized carbons (Fsp3) is 0.389. The summed E-state index contributed by atoms with van der Waals surface area (Å²) >= 11 is 1.77. The number of guanidine groups is 1. The Bertz CT molecular complexity index is 689. The van der Waals surface area contributed by atoms with Gasteiger partial charge in [-0.3, -0.25) is 10.3 Å². The second-order valence-corrected chi connectivity index (χ2v) is 6.67. The average Bonchev–Trinajstić information content (AvgIpc) is 3.04. The van der Waals surface area contributed by atoms with Crippen LogP contribution in [0.1, 0.15) is 24.4 Å². The summed E-state index contributed by atoms with van der Waals surface area (Å²) in [5.41, 5.74) is 1.16. The lowest BCUT2D eigenvalue weighted by atomic mass is 10.2. The summed E-state index contributed by atoms with van der Waals surface area (Å²) in [6, 6.07) is 10.3. The molecule has 1 aromatic heterocycles. The number of aryl methyl sites for hydroxylation is 2. The Hall–Kier alpha value is -2.46. The third-order valence-corrected chi connectivity index (χ3v) is 4.47. The van der Waals surface area contributed by atoms with Crippen LogP contribution in [0.4, 0.5) is 0 Å². The van der Waals surface area contributed by atoms with E-state index < -0.39 is 0 Å². The summed E-state index contributed by atoms with van der Waals surface area (Å²) in [5.74, 6) is 2.41. The summed E-state index contributed by atoms with van der Waals surface area (Å²) < 4.78 is 0. The van der Waals surface area contributed by atoms with Gasteiger partial charge in [-0.25, -0.2) is 4.98 Å². The zero-order chi connectivity index (χ0) is 17.7. The molecule has 132 valence electrons. The van der Waals surface area contributed by atoms with Gasteiger partial charge in [-0.1, -0.05) is 18.2 Å². The highest BCUT2D eigenvalue weighted by Gasteiger charge is 1.99. The molecule has 0 saturated heterocycles. The lowest BCUT2D eigenvalue weighted by Gasteiger charge is -2.08. The molecule has 2 aromatic rings. The van der Waals surface area contributed by atoms with Crippen LogP contribution in [-0.4, -0.2) is 34.8 Å². The highest BCUT2D eigenvalue weighted by Crippen LogP contribution is 2.15. The normalized spacial score (nSPS) is 11.1. The SMILES string of the molecule is Cc1ncc(CCCCN=C(NC#N)NCCSc2ccccc2)[nH]1. The maximum Gasteiger partial charge on any atom is 0.204 e. The van der Waals surface area contributed by atoms with Crippen molar-refractivity contribution in [1.82, 2.24) is 20.6 Å². The molecule has 0 radical (unpaired) electrons. The standard InChI is InChI=1S/C18H24N6S/c1-15-22-13-16(24-15)7-5-6-10-20-18(23-14-19)21-11-12-25-17-8-3-2-4-9-17/h2-4,8-9,13H,5-7,10-12H2,1H3,(H,22,24)(H2,20,21,23). The van der Waals surface area contributed by atoms with Crippen LogP contribution in [0.2, 0.25) is 0 Å². The van der Waals surface area contributed by atoms with Gasteiger partial charge in [0.1, 0.15) is 5.82 Å². The van der Waals surface area contributed by atoms with Gasteiger partial charge >= 0.3 is 0 Å². The van der Waals surface area contributed by atoms with Crippen LogP contribution in [0.3, 0.4) is 0 Å². The van der Waals surface area contributed by atoms with E-state index in [1.54, 1.807) is 11.8 Å². The number of H-pyrrole nitrogens is 1. The minimum Gasteiger partial charge on any atom is -0.355 e. The van der Waals surface area contributed by atoms with Crippen molar-refractivity contribution in [3.05, 3.63) is 48.0 Å². The van der Waals surface area contributed by atoms with E-state index in [1.807, 2.05) is 37.5 Å². The third kappa shape index (κ3) is 7.77. The van der Waals surface area contributed by atoms with E-state index in [0.717, 1.165) is 43.1 Å². The molecule has 0 aliphatic heterocycles. The molecular formula is C18H24N6S. The highest BCUT2D eigenvalue weighted by molar-refractivity contribution is 7.99. The molecule has 0 saturated carbocycles. The van der Waals surface area contributed by atoms with Crippen molar-refractivity contribution in [2.75, 3.05) is 18.8 Å². The van der Waals surface area contributed by atoms with Crippen molar-refractivity contribution in [3.8, 4) is 6.19 Å². The smallest absolute Gasteiger partial charge is 0.204 e. The molecule has 0 spiro atoms. The summed E-state index contributed by atoms with van der Waals surface area (Å²) in [7, 11) is 0. The van der Waals surface area contributed by atoms with Crippen LogP contribution < -0.4 is 10.6 Å². The van der Waals surface area contributed by atoms with Crippen LogP contribution in [0.25, 0.3) is 0 Å². The third-order valence-electron chi connectivity index (χ3n) is 3.46. The number of nitrogens with zero attached hydrogens (tertiary/aromatic N) is 3. The highest BCUT2D eigenvalue weighted by atomic mass is 32.2. The van der Waals surface area contributed by atoms with Gasteiger partial charge in [-0.2, -0.15) is 5.26 Å². The number of aromatic nitrogens is 2. The lowest BCUT2D eigenvalue weighted by molar-refractivity contribution is 0.729. The van der Waals surface area contributed by atoms with Crippen LogP contribution in [-0.2, 0) is 6.42 Å². The van der Waals surface area contributed by atoms with E-state index in [0.29, 0.717) is 12.5 Å². The number of nitrogens with one attached hydrogen (secondary N) is 3. The van der Waals surface area contributed by atoms with Crippen molar-refractivity contribution in [2.45, 2.75) is 31.1 Å². The van der Waals surface area contributed by atoms with Gasteiger partial charge in [0.05, 0.1) is 0 Å². The topological polar surface area (TPSA) is 88.9 Å². The Balaban J connectivity index is 1.62. The number of aromatic amines is 1. The van der Waals surface area contributed by atoms with E-state index in [4.69, 9.17) is 5.26 Å². The molecule has 0 atom stereocenters. The molecule has 0 unspecified atom stereocenters. The Labute approximate surface area is 153 Å². The molecule has 2 rings (SSSR count). The Kier molecular flexibility index (Phi) is 8.42. The van der Waals surface area contributed by atoms with Crippen molar-refractivity contribution < 1.29 is 0 Å². The van der Waals surface area contributed by atoms with Gasteiger partial charge in [0.2, 0.25) is 5.96 Å².